The van der Waals surface area contributed by atoms with Crippen molar-refractivity contribution in [3.63, 3.8) is 0 Å². The van der Waals surface area contributed by atoms with Crippen LogP contribution in [-0.4, -0.2) is 64.3 Å². The van der Waals surface area contributed by atoms with E-state index < -0.39 is 9.84 Å². The van der Waals surface area contributed by atoms with Gasteiger partial charge in [-0.05, 0) is 56.9 Å². The van der Waals surface area contributed by atoms with Crippen molar-refractivity contribution >= 4 is 54.0 Å². The largest absolute Gasteiger partial charge is 0.494 e. The molecule has 0 aliphatic heterocycles. The first-order valence-corrected chi connectivity index (χ1v) is 12.8. The molecule has 172 valence electrons. The SMILES string of the molecule is COc1ccc(C)c2sc(N(CCN(C)C)C(=O)CCS(=O)(=O)c3ccc(Cl)cc3)nc12. The number of amides is 1. The van der Waals surface area contributed by atoms with Crippen molar-refractivity contribution in [3.05, 3.63) is 47.0 Å². The van der Waals surface area contributed by atoms with E-state index >= 15 is 0 Å². The second-order valence-electron chi connectivity index (χ2n) is 7.63. The van der Waals surface area contributed by atoms with E-state index in [4.69, 9.17) is 16.3 Å². The Labute approximate surface area is 197 Å². The molecule has 10 heteroatoms. The number of aromatic nitrogens is 1. The highest BCUT2D eigenvalue weighted by Gasteiger charge is 2.24. The number of methoxy groups -OCH3 is 1. The van der Waals surface area contributed by atoms with E-state index in [2.05, 4.69) is 4.98 Å². The molecule has 0 atom stereocenters. The van der Waals surface area contributed by atoms with Crippen LogP contribution in [0.15, 0.2) is 41.3 Å². The van der Waals surface area contributed by atoms with Crippen LogP contribution < -0.4 is 9.64 Å². The minimum Gasteiger partial charge on any atom is -0.494 e. The van der Waals surface area contributed by atoms with Crippen LogP contribution in [0, 0.1) is 6.92 Å². The number of benzene rings is 2. The van der Waals surface area contributed by atoms with Crippen LogP contribution in [0.25, 0.3) is 10.2 Å². The highest BCUT2D eigenvalue weighted by molar-refractivity contribution is 7.91. The number of fused-ring (bicyclic) bond motifs is 1. The molecule has 0 aliphatic carbocycles. The lowest BCUT2D eigenvalue weighted by atomic mass is 10.2. The zero-order valence-electron chi connectivity index (χ0n) is 18.5. The Kier molecular flexibility index (Phi) is 7.76. The van der Waals surface area contributed by atoms with Gasteiger partial charge in [-0.3, -0.25) is 9.69 Å². The van der Waals surface area contributed by atoms with E-state index in [1.165, 1.54) is 35.6 Å². The second kappa shape index (κ2) is 10.2. The number of carbonyl (C=O) groups excluding carboxylic acids is 1. The van der Waals surface area contributed by atoms with Gasteiger partial charge >= 0.3 is 0 Å². The molecule has 0 fully saturated rings. The molecule has 1 amide bonds. The van der Waals surface area contributed by atoms with Gasteiger partial charge in [-0.25, -0.2) is 13.4 Å². The lowest BCUT2D eigenvalue weighted by Crippen LogP contribution is -2.37. The average molecular weight is 496 g/mol. The molecule has 1 aromatic heterocycles. The second-order valence-corrected chi connectivity index (χ2v) is 11.2. The summed E-state index contributed by atoms with van der Waals surface area (Å²) in [5.41, 5.74) is 1.74. The maximum Gasteiger partial charge on any atom is 0.229 e. The molecular formula is C22H26ClN3O4S2. The number of ether oxygens (including phenoxy) is 1. The number of sulfone groups is 1. The minimum atomic E-state index is -3.61. The predicted molar refractivity (Wildman–Crippen MR) is 130 cm³/mol. The monoisotopic (exact) mass is 495 g/mol. The van der Waals surface area contributed by atoms with Crippen molar-refractivity contribution in [3.8, 4) is 5.75 Å². The molecule has 0 N–H and O–H groups in total. The molecule has 0 aliphatic rings. The van der Waals surface area contributed by atoms with E-state index in [1.807, 2.05) is 38.1 Å². The fourth-order valence-electron chi connectivity index (χ4n) is 3.12. The van der Waals surface area contributed by atoms with Crippen LogP contribution in [0.1, 0.15) is 12.0 Å². The summed E-state index contributed by atoms with van der Waals surface area (Å²) in [6, 6.07) is 9.76. The summed E-state index contributed by atoms with van der Waals surface area (Å²) >= 11 is 7.26. The van der Waals surface area contributed by atoms with Crippen LogP contribution in [0.2, 0.25) is 5.02 Å². The molecule has 0 unspecified atom stereocenters. The smallest absolute Gasteiger partial charge is 0.229 e. The third-order valence-electron chi connectivity index (χ3n) is 4.97. The van der Waals surface area contributed by atoms with Crippen LogP contribution in [0.4, 0.5) is 5.13 Å². The standard InChI is InChI=1S/C22H26ClN3O4S2/c1-15-5-10-18(30-4)20-21(15)31-22(24-20)26(13-12-25(2)3)19(27)11-14-32(28,29)17-8-6-16(23)7-9-17/h5-10H,11-14H2,1-4H3. The number of aryl methyl sites for hydroxylation is 1. The maximum absolute atomic E-state index is 13.2. The summed E-state index contributed by atoms with van der Waals surface area (Å²) in [6.07, 6.45) is -0.148. The van der Waals surface area contributed by atoms with Crippen molar-refractivity contribution < 1.29 is 17.9 Å². The Morgan fingerprint density at radius 1 is 1.12 bits per heavy atom. The van der Waals surface area contributed by atoms with Gasteiger partial charge < -0.3 is 9.64 Å². The van der Waals surface area contributed by atoms with Gasteiger partial charge in [0.2, 0.25) is 5.91 Å². The lowest BCUT2D eigenvalue weighted by Gasteiger charge is -2.22. The zero-order chi connectivity index (χ0) is 23.5. The zero-order valence-corrected chi connectivity index (χ0v) is 20.9. The first kappa shape index (κ1) is 24.4. The van der Waals surface area contributed by atoms with Crippen molar-refractivity contribution in [1.29, 1.82) is 0 Å². The first-order valence-electron chi connectivity index (χ1n) is 10.00. The molecular weight excluding hydrogens is 470 g/mol. The molecule has 0 saturated heterocycles. The summed E-state index contributed by atoms with van der Waals surface area (Å²) in [4.78, 5) is 21.5. The van der Waals surface area contributed by atoms with Gasteiger partial charge in [-0.2, -0.15) is 0 Å². The van der Waals surface area contributed by atoms with E-state index in [0.29, 0.717) is 34.5 Å². The molecule has 2 aromatic carbocycles. The summed E-state index contributed by atoms with van der Waals surface area (Å²) < 4.78 is 31.7. The van der Waals surface area contributed by atoms with Gasteiger partial charge in [0, 0.05) is 24.5 Å². The molecule has 3 aromatic rings. The number of nitrogens with zero attached hydrogens (tertiary/aromatic N) is 3. The molecule has 7 nitrogen and oxygen atoms in total. The Bertz CT molecular complexity index is 1210. The number of thiazole rings is 1. The Morgan fingerprint density at radius 2 is 1.81 bits per heavy atom. The van der Waals surface area contributed by atoms with Gasteiger partial charge in [-0.15, -0.1) is 0 Å². The molecule has 3 rings (SSSR count). The fraction of sp³-hybridized carbons (Fsp3) is 0.364. The van der Waals surface area contributed by atoms with Crippen molar-refractivity contribution in [2.24, 2.45) is 0 Å². The average Bonchev–Trinajstić information content (AvgIpc) is 3.19. The highest BCUT2D eigenvalue weighted by Crippen LogP contribution is 2.36. The number of anilines is 1. The predicted octanol–water partition coefficient (Wildman–Crippen LogP) is 4.03. The number of halogens is 1. The molecule has 0 saturated carbocycles. The third-order valence-corrected chi connectivity index (χ3v) is 8.17. The Balaban J connectivity index is 1.87. The number of likely N-dealkylation sites (N-methyl/N-ethyl adjacent to an activating group) is 1. The first-order chi connectivity index (χ1) is 15.1. The summed E-state index contributed by atoms with van der Waals surface area (Å²) in [5.74, 6) is 0.0533. The van der Waals surface area contributed by atoms with E-state index in [1.54, 1.807) is 12.0 Å². The minimum absolute atomic E-state index is 0.148. The molecule has 0 bridgehead atoms. The lowest BCUT2D eigenvalue weighted by molar-refractivity contribution is -0.118. The topological polar surface area (TPSA) is 79.8 Å². The van der Waals surface area contributed by atoms with Crippen LogP contribution >= 0.6 is 22.9 Å². The summed E-state index contributed by atoms with van der Waals surface area (Å²) in [7, 11) is 1.80. The van der Waals surface area contributed by atoms with Gasteiger partial charge in [0.15, 0.2) is 15.0 Å². The van der Waals surface area contributed by atoms with E-state index in [-0.39, 0.29) is 23.0 Å². The van der Waals surface area contributed by atoms with Crippen molar-refractivity contribution in [2.75, 3.05) is 44.9 Å². The van der Waals surface area contributed by atoms with E-state index in [9.17, 15) is 13.2 Å². The normalized spacial score (nSPS) is 11.8. The number of rotatable bonds is 9. The molecule has 32 heavy (non-hydrogen) atoms. The van der Waals surface area contributed by atoms with Crippen LogP contribution in [0.5, 0.6) is 5.75 Å². The number of carbonyl (C=O) groups is 1. The number of hydrogen-bond donors (Lipinski definition) is 0. The van der Waals surface area contributed by atoms with E-state index in [0.717, 1.165) is 10.3 Å². The highest BCUT2D eigenvalue weighted by atomic mass is 35.5. The molecule has 0 radical (unpaired) electrons. The van der Waals surface area contributed by atoms with Crippen LogP contribution in [0.3, 0.4) is 0 Å². The van der Waals surface area contributed by atoms with Gasteiger partial charge in [0.05, 0.1) is 22.5 Å². The maximum atomic E-state index is 13.2. The molecule has 1 heterocycles. The fourth-order valence-corrected chi connectivity index (χ4v) is 5.57. The van der Waals surface area contributed by atoms with Crippen molar-refractivity contribution in [1.82, 2.24) is 9.88 Å². The van der Waals surface area contributed by atoms with Crippen molar-refractivity contribution in [2.45, 2.75) is 18.2 Å². The van der Waals surface area contributed by atoms with Gasteiger partial charge in [0.25, 0.3) is 0 Å². The Morgan fingerprint density at radius 3 is 2.44 bits per heavy atom. The quantitative estimate of drug-likeness (QED) is 0.446. The summed E-state index contributed by atoms with van der Waals surface area (Å²) in [5, 5.41) is 0.986. The van der Waals surface area contributed by atoms with Crippen LogP contribution in [-0.2, 0) is 14.6 Å². The summed E-state index contributed by atoms with van der Waals surface area (Å²) in [6.45, 7) is 2.99. The Hall–Kier alpha value is -2.20. The third kappa shape index (κ3) is 5.58. The molecule has 0 spiro atoms. The van der Waals surface area contributed by atoms with Gasteiger partial charge in [0.1, 0.15) is 11.3 Å². The van der Waals surface area contributed by atoms with Gasteiger partial charge in [-0.1, -0.05) is 29.0 Å². The number of hydrogen-bond acceptors (Lipinski definition) is 7.